The highest BCUT2D eigenvalue weighted by Gasteiger charge is 2.08. The van der Waals surface area contributed by atoms with Crippen LogP contribution in [0.25, 0.3) is 10.8 Å². The zero-order valence-corrected chi connectivity index (χ0v) is 12.9. The molecule has 1 amide bonds. The average Bonchev–Trinajstić information content (AvgIpc) is 2.59. The number of carbonyl (C=O) groups excluding carboxylic acids is 1. The molecule has 23 heavy (non-hydrogen) atoms. The quantitative estimate of drug-likeness (QED) is 0.752. The van der Waals surface area contributed by atoms with Gasteiger partial charge >= 0.3 is 0 Å². The van der Waals surface area contributed by atoms with Gasteiger partial charge in [0.25, 0.3) is 0 Å². The van der Waals surface area contributed by atoms with Gasteiger partial charge in [-0.15, -0.1) is 0 Å². The lowest BCUT2D eigenvalue weighted by Gasteiger charge is -2.12. The zero-order valence-electron chi connectivity index (χ0n) is 12.9. The Balaban J connectivity index is 1.87. The van der Waals surface area contributed by atoms with Crippen molar-refractivity contribution in [3.8, 4) is 5.75 Å². The molecule has 0 heterocycles. The van der Waals surface area contributed by atoms with Crippen LogP contribution < -0.4 is 10.5 Å². The van der Waals surface area contributed by atoms with E-state index in [2.05, 4.69) is 6.07 Å². The maximum atomic E-state index is 11.0. The summed E-state index contributed by atoms with van der Waals surface area (Å²) in [5.41, 5.74) is 7.51. The van der Waals surface area contributed by atoms with E-state index in [1.807, 2.05) is 60.7 Å². The van der Waals surface area contributed by atoms with E-state index < -0.39 is 0 Å². The number of fused-ring (bicyclic) bond motifs is 1. The second kappa shape index (κ2) is 6.97. The summed E-state index contributed by atoms with van der Waals surface area (Å²) >= 11 is 0. The van der Waals surface area contributed by atoms with Gasteiger partial charge in [-0.05, 0) is 29.0 Å². The van der Waals surface area contributed by atoms with Gasteiger partial charge in [0, 0.05) is 11.8 Å². The Morgan fingerprint density at radius 1 is 0.870 bits per heavy atom. The highest BCUT2D eigenvalue weighted by atomic mass is 16.5. The molecule has 0 atom stereocenters. The first-order valence-corrected chi connectivity index (χ1v) is 7.69. The van der Waals surface area contributed by atoms with Gasteiger partial charge in [0.05, 0.1) is 0 Å². The van der Waals surface area contributed by atoms with Crippen molar-refractivity contribution in [3.05, 3.63) is 77.9 Å². The van der Waals surface area contributed by atoms with Crippen LogP contribution in [0.5, 0.6) is 5.75 Å². The summed E-state index contributed by atoms with van der Waals surface area (Å²) in [6.07, 6.45) is 1.00. The van der Waals surface area contributed by atoms with Crippen molar-refractivity contribution in [1.29, 1.82) is 0 Å². The number of amides is 1. The van der Waals surface area contributed by atoms with Crippen LogP contribution in [0, 0.1) is 0 Å². The van der Waals surface area contributed by atoms with E-state index in [0.29, 0.717) is 19.4 Å². The van der Waals surface area contributed by atoms with Crippen LogP contribution in [-0.2, 0) is 17.8 Å². The minimum absolute atomic E-state index is 0.279. The van der Waals surface area contributed by atoms with Crippen molar-refractivity contribution in [2.45, 2.75) is 19.4 Å². The second-order valence-electron chi connectivity index (χ2n) is 5.51. The molecule has 0 aromatic heterocycles. The normalized spacial score (nSPS) is 10.6. The Morgan fingerprint density at radius 3 is 2.30 bits per heavy atom. The Hall–Kier alpha value is -2.81. The van der Waals surface area contributed by atoms with Crippen molar-refractivity contribution in [2.75, 3.05) is 0 Å². The lowest BCUT2D eigenvalue weighted by atomic mass is 10.00. The number of carbonyl (C=O) groups is 1. The SMILES string of the molecule is NC(=O)CCc1ccc(OCc2ccccc2)c2ccccc12. The molecule has 0 spiro atoms. The van der Waals surface area contributed by atoms with Crippen molar-refractivity contribution < 1.29 is 9.53 Å². The Kier molecular flexibility index (Phi) is 4.57. The molecule has 3 aromatic carbocycles. The first-order valence-electron chi connectivity index (χ1n) is 7.69. The standard InChI is InChI=1S/C20H19NO2/c21-20(22)13-11-16-10-12-19(18-9-5-4-8-17(16)18)23-14-15-6-2-1-3-7-15/h1-10,12H,11,13-14H2,(H2,21,22). The highest BCUT2D eigenvalue weighted by Crippen LogP contribution is 2.29. The van der Waals surface area contributed by atoms with Crippen LogP contribution in [0.2, 0.25) is 0 Å². The van der Waals surface area contributed by atoms with E-state index in [1.54, 1.807) is 0 Å². The molecule has 0 fully saturated rings. The molecule has 0 unspecified atom stereocenters. The molecule has 0 bridgehead atoms. The Bertz CT molecular complexity index is 812. The number of hydrogen-bond acceptors (Lipinski definition) is 2. The van der Waals surface area contributed by atoms with Crippen LogP contribution in [0.1, 0.15) is 17.5 Å². The van der Waals surface area contributed by atoms with E-state index in [1.165, 1.54) is 0 Å². The molecule has 0 radical (unpaired) electrons. The van der Waals surface area contributed by atoms with E-state index in [0.717, 1.165) is 27.6 Å². The number of ether oxygens (including phenoxy) is 1. The van der Waals surface area contributed by atoms with Crippen molar-refractivity contribution in [3.63, 3.8) is 0 Å². The van der Waals surface area contributed by atoms with Crippen LogP contribution in [0.4, 0.5) is 0 Å². The van der Waals surface area contributed by atoms with Crippen LogP contribution in [0.3, 0.4) is 0 Å². The third-order valence-corrected chi connectivity index (χ3v) is 3.85. The van der Waals surface area contributed by atoms with E-state index in [4.69, 9.17) is 10.5 Å². The topological polar surface area (TPSA) is 52.3 Å². The predicted octanol–water partition coefficient (Wildman–Crippen LogP) is 3.84. The molecular formula is C20H19NO2. The number of benzene rings is 3. The molecule has 0 aliphatic rings. The van der Waals surface area contributed by atoms with Crippen LogP contribution in [0.15, 0.2) is 66.7 Å². The minimum atomic E-state index is -0.279. The third kappa shape index (κ3) is 3.69. The summed E-state index contributed by atoms with van der Waals surface area (Å²) in [4.78, 5) is 11.0. The van der Waals surface area contributed by atoms with Gasteiger partial charge in [0.2, 0.25) is 5.91 Å². The molecule has 0 aliphatic heterocycles. The smallest absolute Gasteiger partial charge is 0.217 e. The molecule has 3 aromatic rings. The largest absolute Gasteiger partial charge is 0.488 e. The number of nitrogens with two attached hydrogens (primary N) is 1. The van der Waals surface area contributed by atoms with Gasteiger partial charge in [-0.3, -0.25) is 4.79 Å². The fourth-order valence-corrected chi connectivity index (χ4v) is 2.67. The summed E-state index contributed by atoms with van der Waals surface area (Å²) in [6, 6.07) is 22.2. The molecule has 0 aliphatic carbocycles. The number of hydrogen-bond donors (Lipinski definition) is 1. The zero-order chi connectivity index (χ0) is 16.1. The first kappa shape index (κ1) is 15.1. The van der Waals surface area contributed by atoms with E-state index >= 15 is 0 Å². The monoisotopic (exact) mass is 305 g/mol. The number of aryl methyl sites for hydroxylation is 1. The van der Waals surface area contributed by atoms with Crippen LogP contribution in [-0.4, -0.2) is 5.91 Å². The van der Waals surface area contributed by atoms with Gasteiger partial charge in [-0.1, -0.05) is 60.7 Å². The van der Waals surface area contributed by atoms with Gasteiger partial charge < -0.3 is 10.5 Å². The molecule has 116 valence electrons. The Morgan fingerprint density at radius 2 is 1.57 bits per heavy atom. The van der Waals surface area contributed by atoms with Crippen molar-refractivity contribution >= 4 is 16.7 Å². The average molecular weight is 305 g/mol. The fourth-order valence-electron chi connectivity index (χ4n) is 2.67. The number of primary amides is 1. The van der Waals surface area contributed by atoms with E-state index in [9.17, 15) is 4.79 Å². The summed E-state index contributed by atoms with van der Waals surface area (Å²) in [7, 11) is 0. The Labute approximate surface area is 135 Å². The second-order valence-corrected chi connectivity index (χ2v) is 5.51. The molecule has 3 heteroatoms. The van der Waals surface area contributed by atoms with E-state index in [-0.39, 0.29) is 5.91 Å². The summed E-state index contributed by atoms with van der Waals surface area (Å²) in [5.74, 6) is 0.575. The molecule has 3 nitrogen and oxygen atoms in total. The van der Waals surface area contributed by atoms with Crippen molar-refractivity contribution in [2.24, 2.45) is 5.73 Å². The summed E-state index contributed by atoms with van der Waals surface area (Å²) in [5, 5.41) is 2.17. The molecule has 0 saturated carbocycles. The summed E-state index contributed by atoms with van der Waals surface area (Å²) < 4.78 is 5.99. The van der Waals surface area contributed by atoms with Gasteiger partial charge in [0.1, 0.15) is 12.4 Å². The number of rotatable bonds is 6. The maximum absolute atomic E-state index is 11.0. The van der Waals surface area contributed by atoms with Gasteiger partial charge in [-0.25, -0.2) is 0 Å². The van der Waals surface area contributed by atoms with Gasteiger partial charge in [-0.2, -0.15) is 0 Å². The fraction of sp³-hybridized carbons (Fsp3) is 0.150. The maximum Gasteiger partial charge on any atom is 0.217 e. The lowest BCUT2D eigenvalue weighted by Crippen LogP contribution is -2.11. The summed E-state index contributed by atoms with van der Waals surface area (Å²) in [6.45, 7) is 0.533. The highest BCUT2D eigenvalue weighted by molar-refractivity contribution is 5.91. The van der Waals surface area contributed by atoms with Gasteiger partial charge in [0.15, 0.2) is 0 Å². The molecule has 3 rings (SSSR count). The molecule has 2 N–H and O–H groups in total. The molecular weight excluding hydrogens is 286 g/mol. The predicted molar refractivity (Wildman–Crippen MR) is 92.2 cm³/mol. The lowest BCUT2D eigenvalue weighted by molar-refractivity contribution is -0.117. The molecule has 0 saturated heterocycles. The first-order chi connectivity index (χ1) is 11.2. The minimum Gasteiger partial charge on any atom is -0.488 e. The van der Waals surface area contributed by atoms with Crippen LogP contribution >= 0.6 is 0 Å². The van der Waals surface area contributed by atoms with Crippen molar-refractivity contribution in [1.82, 2.24) is 0 Å². The third-order valence-electron chi connectivity index (χ3n) is 3.85.